The third-order valence-corrected chi connectivity index (χ3v) is 5.23. The molecule has 1 aromatic rings. The highest BCUT2D eigenvalue weighted by Crippen LogP contribution is 2.53. The molecular formula is C12H18N2O3S. The summed E-state index contributed by atoms with van der Waals surface area (Å²) in [6.45, 7) is 0.154. The second-order valence-corrected chi connectivity index (χ2v) is 6.98. The van der Waals surface area contributed by atoms with Crippen molar-refractivity contribution in [3.05, 3.63) is 29.8 Å². The van der Waals surface area contributed by atoms with Crippen LogP contribution < -0.4 is 16.2 Å². The number of ether oxygens (including phenoxy) is 1. The minimum absolute atomic E-state index is 0.154. The summed E-state index contributed by atoms with van der Waals surface area (Å²) in [7, 11) is -1.62. The summed E-state index contributed by atoms with van der Waals surface area (Å²) in [6.07, 6.45) is 1.21. The summed E-state index contributed by atoms with van der Waals surface area (Å²) in [5.74, 6) is 0.495. The van der Waals surface area contributed by atoms with Gasteiger partial charge in [-0.3, -0.25) is 0 Å². The Hall–Kier alpha value is -1.11. The molecule has 1 aliphatic carbocycles. The largest absolute Gasteiger partial charge is 0.497 e. The fourth-order valence-corrected chi connectivity index (χ4v) is 4.47. The molecule has 100 valence electrons. The van der Waals surface area contributed by atoms with Gasteiger partial charge in [0.05, 0.1) is 17.9 Å². The van der Waals surface area contributed by atoms with Crippen LogP contribution in [0.3, 0.4) is 0 Å². The quantitative estimate of drug-likeness (QED) is 0.794. The van der Waals surface area contributed by atoms with Crippen LogP contribution in [0.1, 0.15) is 11.5 Å². The van der Waals surface area contributed by atoms with Gasteiger partial charge >= 0.3 is 0 Å². The van der Waals surface area contributed by atoms with E-state index >= 15 is 0 Å². The minimum atomic E-state index is -3.20. The van der Waals surface area contributed by atoms with Gasteiger partial charge in [-0.05, 0) is 17.7 Å². The number of benzene rings is 1. The lowest BCUT2D eigenvalue weighted by molar-refractivity contribution is 0.414. The first kappa shape index (κ1) is 13.3. The zero-order valence-corrected chi connectivity index (χ0v) is 11.3. The average molecular weight is 270 g/mol. The highest BCUT2D eigenvalue weighted by atomic mass is 32.2. The van der Waals surface area contributed by atoms with Crippen molar-refractivity contribution < 1.29 is 13.2 Å². The SMILES string of the molecule is COc1ccc([C@@H]2[C@@H](S(C)(=O)=O)[C@]2(N)CN)cc1. The molecule has 0 unspecified atom stereocenters. The minimum Gasteiger partial charge on any atom is -0.497 e. The topological polar surface area (TPSA) is 95.4 Å². The maximum absolute atomic E-state index is 11.7. The van der Waals surface area contributed by atoms with Crippen LogP contribution in [0.4, 0.5) is 0 Å². The van der Waals surface area contributed by atoms with Gasteiger partial charge in [0.1, 0.15) is 5.75 Å². The number of sulfone groups is 1. The van der Waals surface area contributed by atoms with Crippen LogP contribution in [0.15, 0.2) is 24.3 Å². The highest BCUT2D eigenvalue weighted by molar-refractivity contribution is 7.91. The van der Waals surface area contributed by atoms with Gasteiger partial charge in [-0.25, -0.2) is 8.42 Å². The third-order valence-electron chi connectivity index (χ3n) is 3.59. The molecule has 1 aliphatic rings. The summed E-state index contributed by atoms with van der Waals surface area (Å²) in [5, 5.41) is -0.594. The van der Waals surface area contributed by atoms with Crippen LogP contribution in [0, 0.1) is 0 Å². The molecule has 0 aliphatic heterocycles. The van der Waals surface area contributed by atoms with E-state index in [9.17, 15) is 8.42 Å². The highest BCUT2D eigenvalue weighted by Gasteiger charge is 2.67. The van der Waals surface area contributed by atoms with E-state index < -0.39 is 20.6 Å². The number of rotatable bonds is 4. The second kappa shape index (κ2) is 4.22. The summed E-state index contributed by atoms with van der Waals surface area (Å²) < 4.78 is 28.5. The predicted molar refractivity (Wildman–Crippen MR) is 70.3 cm³/mol. The normalized spacial score (nSPS) is 31.1. The van der Waals surface area contributed by atoms with E-state index in [0.717, 1.165) is 11.3 Å². The molecule has 0 aromatic heterocycles. The van der Waals surface area contributed by atoms with Crippen LogP contribution in [0.2, 0.25) is 0 Å². The van der Waals surface area contributed by atoms with Crippen molar-refractivity contribution in [1.29, 1.82) is 0 Å². The molecule has 6 heteroatoms. The van der Waals surface area contributed by atoms with Gasteiger partial charge in [0, 0.05) is 18.7 Å². The van der Waals surface area contributed by atoms with Crippen molar-refractivity contribution in [2.75, 3.05) is 19.9 Å². The number of hydrogen-bond acceptors (Lipinski definition) is 5. The fourth-order valence-electron chi connectivity index (χ4n) is 2.61. The lowest BCUT2D eigenvalue weighted by atomic mass is 10.1. The molecule has 0 amide bonds. The van der Waals surface area contributed by atoms with Crippen molar-refractivity contribution >= 4 is 9.84 Å². The maximum Gasteiger partial charge on any atom is 0.152 e. The molecule has 0 spiro atoms. The van der Waals surface area contributed by atoms with Crippen molar-refractivity contribution in [1.82, 2.24) is 0 Å². The number of nitrogens with two attached hydrogens (primary N) is 2. The van der Waals surface area contributed by atoms with Gasteiger partial charge in [0.25, 0.3) is 0 Å². The van der Waals surface area contributed by atoms with E-state index in [1.807, 2.05) is 12.1 Å². The smallest absolute Gasteiger partial charge is 0.152 e. The Morgan fingerprint density at radius 3 is 2.22 bits per heavy atom. The standard InChI is InChI=1S/C12H18N2O3S/c1-17-9-5-3-8(4-6-9)10-11(18(2,15)16)12(10,14)7-13/h3-6,10-11H,7,13-14H2,1-2H3/t10-,11-,12+/m1/s1. The van der Waals surface area contributed by atoms with Crippen molar-refractivity contribution in [2.45, 2.75) is 16.7 Å². The molecule has 0 heterocycles. The van der Waals surface area contributed by atoms with Crippen molar-refractivity contribution in [2.24, 2.45) is 11.5 Å². The average Bonchev–Trinajstić information content (AvgIpc) is 2.97. The monoisotopic (exact) mass is 270 g/mol. The summed E-state index contributed by atoms with van der Waals surface area (Å²) in [6, 6.07) is 7.27. The van der Waals surface area contributed by atoms with Gasteiger partial charge < -0.3 is 16.2 Å². The maximum atomic E-state index is 11.7. The Labute approximate surface area is 107 Å². The van der Waals surface area contributed by atoms with Crippen molar-refractivity contribution in [3.8, 4) is 5.75 Å². The number of hydrogen-bond donors (Lipinski definition) is 2. The molecule has 3 atom stereocenters. The molecular weight excluding hydrogens is 252 g/mol. The van der Waals surface area contributed by atoms with E-state index in [1.54, 1.807) is 19.2 Å². The Bertz CT molecular complexity index is 541. The zero-order valence-electron chi connectivity index (χ0n) is 10.5. The van der Waals surface area contributed by atoms with Crippen LogP contribution >= 0.6 is 0 Å². The van der Waals surface area contributed by atoms with Gasteiger partial charge in [-0.15, -0.1) is 0 Å². The molecule has 0 radical (unpaired) electrons. The Morgan fingerprint density at radius 1 is 1.33 bits per heavy atom. The number of methoxy groups -OCH3 is 1. The molecule has 18 heavy (non-hydrogen) atoms. The zero-order chi connectivity index (χ0) is 13.6. The Kier molecular flexibility index (Phi) is 3.12. The van der Waals surface area contributed by atoms with E-state index in [0.29, 0.717) is 0 Å². The molecule has 4 N–H and O–H groups in total. The molecule has 1 aromatic carbocycles. The molecule has 1 fully saturated rings. The van der Waals surface area contributed by atoms with Crippen LogP contribution in [-0.4, -0.2) is 39.1 Å². The van der Waals surface area contributed by atoms with E-state index in [-0.39, 0.29) is 12.5 Å². The summed E-state index contributed by atoms with van der Waals surface area (Å²) in [4.78, 5) is 0. The summed E-state index contributed by atoms with van der Waals surface area (Å²) in [5.41, 5.74) is 11.8. The molecule has 0 saturated heterocycles. The van der Waals surface area contributed by atoms with Crippen LogP contribution in [-0.2, 0) is 9.84 Å². The lowest BCUT2D eigenvalue weighted by Crippen LogP contribution is -2.38. The first-order chi connectivity index (χ1) is 8.34. The first-order valence-corrected chi connectivity index (χ1v) is 7.62. The van der Waals surface area contributed by atoms with Crippen LogP contribution in [0.5, 0.6) is 5.75 Å². The molecule has 0 bridgehead atoms. The molecule has 5 nitrogen and oxygen atoms in total. The van der Waals surface area contributed by atoms with Crippen molar-refractivity contribution in [3.63, 3.8) is 0 Å². The van der Waals surface area contributed by atoms with Gasteiger partial charge in [-0.1, -0.05) is 12.1 Å². The van der Waals surface area contributed by atoms with Gasteiger partial charge in [-0.2, -0.15) is 0 Å². The van der Waals surface area contributed by atoms with Crippen LogP contribution in [0.25, 0.3) is 0 Å². The molecule has 2 rings (SSSR count). The first-order valence-electron chi connectivity index (χ1n) is 5.66. The Morgan fingerprint density at radius 2 is 1.89 bits per heavy atom. The fraction of sp³-hybridized carbons (Fsp3) is 0.500. The van der Waals surface area contributed by atoms with Gasteiger partial charge in [0.2, 0.25) is 0 Å². The lowest BCUT2D eigenvalue weighted by Gasteiger charge is -2.08. The second-order valence-electron chi connectivity index (χ2n) is 4.82. The van der Waals surface area contributed by atoms with E-state index in [1.165, 1.54) is 6.26 Å². The third kappa shape index (κ3) is 2.00. The van der Waals surface area contributed by atoms with E-state index in [2.05, 4.69) is 0 Å². The van der Waals surface area contributed by atoms with E-state index in [4.69, 9.17) is 16.2 Å². The molecule has 1 saturated carbocycles. The Balaban J connectivity index is 2.33. The summed E-state index contributed by atoms with van der Waals surface area (Å²) >= 11 is 0. The van der Waals surface area contributed by atoms with Gasteiger partial charge in [0.15, 0.2) is 9.84 Å². The predicted octanol–water partition coefficient (Wildman–Crippen LogP) is -0.138.